The fraction of sp³-hybridized carbons (Fsp3) is 0.545. The monoisotopic (exact) mass is 234 g/mol. The van der Waals surface area contributed by atoms with Crippen LogP contribution in [0, 0.1) is 11.3 Å². The van der Waals surface area contributed by atoms with E-state index in [4.69, 9.17) is 5.26 Å². The molecule has 2 heterocycles. The number of hydrogen-bond donors (Lipinski definition) is 0. The molecule has 0 N–H and O–H groups in total. The van der Waals surface area contributed by atoms with Gasteiger partial charge in [-0.05, 0) is 12.3 Å². The average molecular weight is 234 g/mol. The Kier molecular flexibility index (Phi) is 2.92. The first kappa shape index (κ1) is 11.1. The lowest BCUT2D eigenvalue weighted by molar-refractivity contribution is 0.810. The molecular weight excluding hydrogens is 220 g/mol. The number of nitriles is 1. The number of rotatable bonds is 3. The lowest BCUT2D eigenvalue weighted by atomic mass is 10.1. The molecule has 0 amide bonds. The van der Waals surface area contributed by atoms with Gasteiger partial charge in [-0.1, -0.05) is 32.1 Å². The van der Waals surface area contributed by atoms with Crippen LogP contribution in [-0.4, -0.2) is 14.6 Å². The topological polar surface area (TPSA) is 54.0 Å². The third kappa shape index (κ3) is 1.69. The first-order chi connectivity index (χ1) is 7.67. The molecule has 84 valence electrons. The highest BCUT2D eigenvalue weighted by atomic mass is 32.1. The van der Waals surface area contributed by atoms with Gasteiger partial charge in [0, 0.05) is 6.42 Å². The maximum atomic E-state index is 9.15. The third-order valence-electron chi connectivity index (χ3n) is 2.39. The van der Waals surface area contributed by atoms with Crippen LogP contribution in [0.15, 0.2) is 0 Å². The van der Waals surface area contributed by atoms with Crippen LogP contribution in [0.3, 0.4) is 0 Å². The minimum absolute atomic E-state index is 0.262. The molecule has 5 heteroatoms. The summed E-state index contributed by atoms with van der Waals surface area (Å²) in [4.78, 5) is 5.32. The van der Waals surface area contributed by atoms with Gasteiger partial charge < -0.3 is 0 Å². The molecule has 0 saturated carbocycles. The molecule has 0 aliphatic carbocycles. The molecule has 0 atom stereocenters. The SMILES string of the molecule is CCCc1nn2c(C#N)c(C(C)C)nc2s1. The molecule has 0 spiro atoms. The van der Waals surface area contributed by atoms with Crippen LogP contribution in [0.25, 0.3) is 4.96 Å². The first-order valence-electron chi connectivity index (χ1n) is 5.45. The van der Waals surface area contributed by atoms with E-state index in [0.29, 0.717) is 5.69 Å². The second-order valence-electron chi connectivity index (χ2n) is 4.05. The number of imidazole rings is 1. The van der Waals surface area contributed by atoms with E-state index >= 15 is 0 Å². The summed E-state index contributed by atoms with van der Waals surface area (Å²) in [6.45, 7) is 6.20. The van der Waals surface area contributed by atoms with E-state index in [-0.39, 0.29) is 5.92 Å². The molecule has 0 aromatic carbocycles. The number of nitrogens with zero attached hydrogens (tertiary/aromatic N) is 4. The van der Waals surface area contributed by atoms with Crippen LogP contribution < -0.4 is 0 Å². The lowest BCUT2D eigenvalue weighted by Crippen LogP contribution is -1.96. The number of hydrogen-bond acceptors (Lipinski definition) is 4. The van der Waals surface area contributed by atoms with Gasteiger partial charge in [0.2, 0.25) is 4.96 Å². The van der Waals surface area contributed by atoms with Crippen molar-refractivity contribution in [2.75, 3.05) is 0 Å². The Hall–Kier alpha value is -1.41. The molecule has 0 aliphatic rings. The Morgan fingerprint density at radius 1 is 1.50 bits per heavy atom. The summed E-state index contributed by atoms with van der Waals surface area (Å²) in [6, 6.07) is 2.20. The molecule has 16 heavy (non-hydrogen) atoms. The van der Waals surface area contributed by atoms with Gasteiger partial charge in [-0.2, -0.15) is 14.9 Å². The van der Waals surface area contributed by atoms with Crippen LogP contribution in [0.4, 0.5) is 0 Å². The predicted molar refractivity (Wildman–Crippen MR) is 63.7 cm³/mol. The highest BCUT2D eigenvalue weighted by Crippen LogP contribution is 2.23. The van der Waals surface area contributed by atoms with Gasteiger partial charge >= 0.3 is 0 Å². The Balaban J connectivity index is 2.57. The zero-order chi connectivity index (χ0) is 11.7. The molecule has 0 aliphatic heterocycles. The number of aryl methyl sites for hydroxylation is 1. The van der Waals surface area contributed by atoms with Crippen LogP contribution in [0.1, 0.15) is 49.5 Å². The van der Waals surface area contributed by atoms with E-state index in [9.17, 15) is 0 Å². The number of aromatic nitrogens is 3. The summed E-state index contributed by atoms with van der Waals surface area (Å²) in [7, 11) is 0. The van der Waals surface area contributed by atoms with Crippen molar-refractivity contribution in [2.45, 2.75) is 39.5 Å². The summed E-state index contributed by atoms with van der Waals surface area (Å²) in [6.07, 6.45) is 2.02. The molecule has 0 fully saturated rings. The van der Waals surface area contributed by atoms with E-state index in [2.05, 4.69) is 23.1 Å². The van der Waals surface area contributed by atoms with Crippen LogP contribution >= 0.6 is 11.3 Å². The normalized spacial score (nSPS) is 11.2. The van der Waals surface area contributed by atoms with Gasteiger partial charge in [0.05, 0.1) is 5.69 Å². The summed E-state index contributed by atoms with van der Waals surface area (Å²) in [5, 5.41) is 14.6. The van der Waals surface area contributed by atoms with Gasteiger partial charge in [0.1, 0.15) is 11.1 Å². The molecule has 2 rings (SSSR count). The van der Waals surface area contributed by atoms with Gasteiger partial charge in [0.15, 0.2) is 5.69 Å². The first-order valence-corrected chi connectivity index (χ1v) is 6.27. The van der Waals surface area contributed by atoms with E-state index in [1.807, 2.05) is 13.8 Å². The summed E-state index contributed by atoms with van der Waals surface area (Å²) >= 11 is 1.58. The minimum atomic E-state index is 0.262. The molecule has 0 saturated heterocycles. The molecule has 0 bridgehead atoms. The predicted octanol–water partition coefficient (Wildman–Crippen LogP) is 2.74. The van der Waals surface area contributed by atoms with Crippen LogP contribution in [-0.2, 0) is 6.42 Å². The van der Waals surface area contributed by atoms with Gasteiger partial charge in [-0.3, -0.25) is 0 Å². The van der Waals surface area contributed by atoms with Gasteiger partial charge in [-0.25, -0.2) is 4.98 Å². The van der Waals surface area contributed by atoms with Crippen molar-refractivity contribution >= 4 is 16.3 Å². The van der Waals surface area contributed by atoms with E-state index < -0.39 is 0 Å². The number of fused-ring (bicyclic) bond motifs is 1. The maximum Gasteiger partial charge on any atom is 0.213 e. The molecule has 2 aromatic heterocycles. The Morgan fingerprint density at radius 3 is 2.81 bits per heavy atom. The minimum Gasteiger partial charge on any atom is -0.221 e. The quantitative estimate of drug-likeness (QED) is 0.820. The van der Waals surface area contributed by atoms with E-state index in [1.54, 1.807) is 15.9 Å². The fourth-order valence-corrected chi connectivity index (χ4v) is 2.63. The van der Waals surface area contributed by atoms with Crippen molar-refractivity contribution in [3.63, 3.8) is 0 Å². The van der Waals surface area contributed by atoms with Crippen LogP contribution in [0.2, 0.25) is 0 Å². The average Bonchev–Trinajstić information content (AvgIpc) is 2.74. The second kappa shape index (κ2) is 4.22. The molecule has 0 radical (unpaired) electrons. The van der Waals surface area contributed by atoms with Crippen molar-refractivity contribution in [3.05, 3.63) is 16.4 Å². The zero-order valence-electron chi connectivity index (χ0n) is 9.69. The Bertz CT molecular complexity index is 544. The third-order valence-corrected chi connectivity index (χ3v) is 3.36. The van der Waals surface area contributed by atoms with Crippen molar-refractivity contribution in [3.8, 4) is 6.07 Å². The largest absolute Gasteiger partial charge is 0.221 e. The molecule has 2 aromatic rings. The van der Waals surface area contributed by atoms with Crippen LogP contribution in [0.5, 0.6) is 0 Å². The highest BCUT2D eigenvalue weighted by molar-refractivity contribution is 7.16. The van der Waals surface area contributed by atoms with E-state index in [1.165, 1.54) is 0 Å². The van der Waals surface area contributed by atoms with Crippen molar-refractivity contribution in [1.29, 1.82) is 5.26 Å². The summed E-state index contributed by atoms with van der Waals surface area (Å²) in [5.74, 6) is 0.262. The maximum absolute atomic E-state index is 9.15. The standard InChI is InChI=1S/C11H14N4S/c1-4-5-9-14-15-8(6-12)10(7(2)3)13-11(15)16-9/h7H,4-5H2,1-3H3. The summed E-state index contributed by atoms with van der Waals surface area (Å²) < 4.78 is 1.69. The van der Waals surface area contributed by atoms with Crippen molar-refractivity contribution in [2.24, 2.45) is 0 Å². The lowest BCUT2D eigenvalue weighted by Gasteiger charge is -1.98. The zero-order valence-corrected chi connectivity index (χ0v) is 10.5. The smallest absolute Gasteiger partial charge is 0.213 e. The fourth-order valence-electron chi connectivity index (χ4n) is 1.63. The van der Waals surface area contributed by atoms with Crippen molar-refractivity contribution < 1.29 is 0 Å². The Labute approximate surface area is 98.5 Å². The second-order valence-corrected chi connectivity index (χ2v) is 5.09. The van der Waals surface area contributed by atoms with Gasteiger partial charge in [0.25, 0.3) is 0 Å². The Morgan fingerprint density at radius 2 is 2.25 bits per heavy atom. The van der Waals surface area contributed by atoms with Gasteiger partial charge in [-0.15, -0.1) is 0 Å². The van der Waals surface area contributed by atoms with E-state index in [0.717, 1.165) is 28.5 Å². The molecule has 0 unspecified atom stereocenters. The summed E-state index contributed by atoms with van der Waals surface area (Å²) in [5.41, 5.74) is 1.44. The highest BCUT2D eigenvalue weighted by Gasteiger charge is 2.17. The molecular formula is C11H14N4S. The molecule has 4 nitrogen and oxygen atoms in total. The van der Waals surface area contributed by atoms with Crippen molar-refractivity contribution in [1.82, 2.24) is 14.6 Å².